The highest BCUT2D eigenvalue weighted by atomic mass is 16.3. The quantitative estimate of drug-likeness (QED) is 0.243. The van der Waals surface area contributed by atoms with E-state index in [1.54, 1.807) is 0 Å². The second-order valence-electron chi connectivity index (χ2n) is 9.42. The van der Waals surface area contributed by atoms with E-state index in [-0.39, 0.29) is 22.2 Å². The number of rotatable bonds is 2. The van der Waals surface area contributed by atoms with E-state index in [0.29, 0.717) is 22.2 Å². The summed E-state index contributed by atoms with van der Waals surface area (Å²) in [7, 11) is 0. The van der Waals surface area contributed by atoms with Gasteiger partial charge in [-0.1, -0.05) is 72.8 Å². The maximum absolute atomic E-state index is 9.51. The SMILES string of the molecule is N#CC(C#N)=c1nc2c(-c3ccccc3)c3ccc4c(-c5ccccc5)cc5oc(=C(C#N)C#N)nc5c4c3cc2o1. The van der Waals surface area contributed by atoms with Crippen molar-refractivity contribution >= 4 is 54.9 Å². The van der Waals surface area contributed by atoms with Crippen LogP contribution in [0, 0.1) is 45.3 Å². The van der Waals surface area contributed by atoms with E-state index in [4.69, 9.17) is 8.83 Å². The Hall–Kier alpha value is -6.74. The molecular weight excluding hydrogens is 524 g/mol. The standard InChI is InChI=1S/C34H14N6O2/c35-15-21(16-36)33-39-31-28(42-33)14-26-24(29(31)20-9-5-2-6-10-20)12-11-23-25(19-7-3-1-4-8-19)13-27-32(30(23)26)40-34(41-27)22(17-37)18-38/h1-14H. The average Bonchev–Trinajstić information content (AvgIpc) is 3.65. The molecule has 8 nitrogen and oxygen atoms in total. The summed E-state index contributed by atoms with van der Waals surface area (Å²) in [5.74, 6) is 0. The Morgan fingerprint density at radius 2 is 1.07 bits per heavy atom. The van der Waals surface area contributed by atoms with Crippen molar-refractivity contribution in [3.05, 3.63) is 96.0 Å². The highest BCUT2D eigenvalue weighted by Crippen LogP contribution is 2.42. The van der Waals surface area contributed by atoms with Gasteiger partial charge in [0.25, 0.3) is 0 Å². The average molecular weight is 539 g/mol. The van der Waals surface area contributed by atoms with Gasteiger partial charge in [-0.05, 0) is 45.0 Å². The molecule has 2 aromatic heterocycles. The Labute approximate surface area is 237 Å². The Kier molecular flexibility index (Phi) is 5.48. The minimum atomic E-state index is -0.232. The summed E-state index contributed by atoms with van der Waals surface area (Å²) < 4.78 is 12.0. The van der Waals surface area contributed by atoms with Crippen LogP contribution in [0.25, 0.3) is 77.1 Å². The number of hydrogen-bond acceptors (Lipinski definition) is 8. The summed E-state index contributed by atoms with van der Waals surface area (Å²) in [6.45, 7) is 0. The number of fused-ring (bicyclic) bond motifs is 6. The van der Waals surface area contributed by atoms with Crippen LogP contribution in [-0.2, 0) is 0 Å². The number of nitriles is 4. The van der Waals surface area contributed by atoms with Crippen LogP contribution in [0.4, 0.5) is 0 Å². The molecule has 0 unspecified atom stereocenters. The Morgan fingerprint density at radius 3 is 1.67 bits per heavy atom. The first-order chi connectivity index (χ1) is 20.6. The lowest BCUT2D eigenvalue weighted by Gasteiger charge is -2.13. The lowest BCUT2D eigenvalue weighted by molar-refractivity contribution is 0.559. The second-order valence-corrected chi connectivity index (χ2v) is 9.42. The summed E-state index contributed by atoms with van der Waals surface area (Å²) in [6.07, 6.45) is 0. The third-order valence-corrected chi connectivity index (χ3v) is 7.16. The van der Waals surface area contributed by atoms with Crippen molar-refractivity contribution < 1.29 is 8.83 Å². The molecule has 42 heavy (non-hydrogen) atoms. The molecule has 0 fully saturated rings. The van der Waals surface area contributed by atoms with E-state index in [1.807, 2.05) is 109 Å². The summed E-state index contributed by atoms with van der Waals surface area (Å²) in [5.41, 5.74) is 4.64. The molecule has 0 atom stereocenters. The molecule has 0 aliphatic rings. The minimum Gasteiger partial charge on any atom is -0.435 e. The number of hydrogen-bond donors (Lipinski definition) is 0. The molecule has 0 spiro atoms. The van der Waals surface area contributed by atoms with Gasteiger partial charge >= 0.3 is 0 Å². The molecule has 0 amide bonds. The molecule has 8 heteroatoms. The molecule has 0 aliphatic carbocycles. The van der Waals surface area contributed by atoms with Crippen LogP contribution in [0.3, 0.4) is 0 Å². The maximum Gasteiger partial charge on any atom is 0.249 e. The zero-order valence-electron chi connectivity index (χ0n) is 21.6. The van der Waals surface area contributed by atoms with Crippen LogP contribution in [0.15, 0.2) is 93.8 Å². The molecule has 0 bridgehead atoms. The van der Waals surface area contributed by atoms with Gasteiger partial charge in [-0.15, -0.1) is 0 Å². The van der Waals surface area contributed by atoms with E-state index in [0.717, 1.165) is 43.8 Å². The van der Waals surface area contributed by atoms with E-state index >= 15 is 0 Å². The van der Waals surface area contributed by atoms with Crippen molar-refractivity contribution in [2.24, 2.45) is 0 Å². The number of nitrogens with zero attached hydrogens (tertiary/aromatic N) is 6. The smallest absolute Gasteiger partial charge is 0.249 e. The first kappa shape index (κ1) is 24.3. The van der Waals surface area contributed by atoms with Crippen molar-refractivity contribution in [2.45, 2.75) is 0 Å². The van der Waals surface area contributed by atoms with E-state index in [9.17, 15) is 21.0 Å². The van der Waals surface area contributed by atoms with Crippen LogP contribution in [-0.4, -0.2) is 9.97 Å². The van der Waals surface area contributed by atoms with Crippen LogP contribution in [0.5, 0.6) is 0 Å². The predicted molar refractivity (Wildman–Crippen MR) is 156 cm³/mol. The van der Waals surface area contributed by atoms with Crippen LogP contribution in [0.2, 0.25) is 0 Å². The molecule has 0 saturated heterocycles. The van der Waals surface area contributed by atoms with Crippen molar-refractivity contribution in [2.75, 3.05) is 0 Å². The Morgan fingerprint density at radius 1 is 0.548 bits per heavy atom. The van der Waals surface area contributed by atoms with Gasteiger partial charge in [0.05, 0.1) is 0 Å². The molecule has 192 valence electrons. The highest BCUT2D eigenvalue weighted by molar-refractivity contribution is 6.26. The summed E-state index contributed by atoms with van der Waals surface area (Å²) >= 11 is 0. The van der Waals surface area contributed by atoms with Gasteiger partial charge in [-0.2, -0.15) is 21.0 Å². The van der Waals surface area contributed by atoms with Gasteiger partial charge in [0, 0.05) is 10.9 Å². The summed E-state index contributed by atoms with van der Waals surface area (Å²) in [4.78, 5) is 9.20. The van der Waals surface area contributed by atoms with Gasteiger partial charge in [-0.25, -0.2) is 9.97 Å². The fraction of sp³-hybridized carbons (Fsp3) is 0. The monoisotopic (exact) mass is 538 g/mol. The van der Waals surface area contributed by atoms with Gasteiger partial charge in [0.15, 0.2) is 22.3 Å². The lowest BCUT2D eigenvalue weighted by Crippen LogP contribution is -2.03. The first-order valence-corrected chi connectivity index (χ1v) is 12.7. The van der Waals surface area contributed by atoms with Crippen LogP contribution >= 0.6 is 0 Å². The van der Waals surface area contributed by atoms with Crippen molar-refractivity contribution in [1.29, 1.82) is 21.0 Å². The zero-order chi connectivity index (χ0) is 28.8. The van der Waals surface area contributed by atoms with Gasteiger partial charge in [-0.3, -0.25) is 0 Å². The molecule has 7 rings (SSSR count). The lowest BCUT2D eigenvalue weighted by atomic mass is 9.90. The van der Waals surface area contributed by atoms with E-state index < -0.39 is 0 Å². The largest absolute Gasteiger partial charge is 0.435 e. The van der Waals surface area contributed by atoms with Crippen LogP contribution in [0.1, 0.15) is 0 Å². The van der Waals surface area contributed by atoms with Gasteiger partial charge in [0.1, 0.15) is 35.3 Å². The molecule has 5 aromatic carbocycles. The fourth-order valence-corrected chi connectivity index (χ4v) is 5.36. The van der Waals surface area contributed by atoms with Crippen molar-refractivity contribution in [3.8, 4) is 46.5 Å². The maximum atomic E-state index is 9.51. The zero-order valence-corrected chi connectivity index (χ0v) is 21.6. The number of benzene rings is 5. The predicted octanol–water partition coefficient (Wildman–Crippen LogP) is 6.01. The number of aromatic nitrogens is 2. The summed E-state index contributed by atoms with van der Waals surface area (Å²) in [6, 6.07) is 34.6. The van der Waals surface area contributed by atoms with E-state index in [1.165, 1.54) is 0 Å². The molecule has 7 aromatic rings. The second kappa shape index (κ2) is 9.47. The Balaban J connectivity index is 1.76. The molecule has 0 saturated carbocycles. The molecular formula is C34H14N6O2. The van der Waals surface area contributed by atoms with Crippen LogP contribution < -0.4 is 11.1 Å². The van der Waals surface area contributed by atoms with Crippen molar-refractivity contribution in [3.63, 3.8) is 0 Å². The minimum absolute atomic E-state index is 0.0621. The third kappa shape index (κ3) is 3.59. The topological polar surface area (TPSA) is 147 Å². The number of oxazole rings is 2. The normalized spacial score (nSPS) is 10.8. The molecule has 2 heterocycles. The fourth-order valence-electron chi connectivity index (χ4n) is 5.36. The Bertz CT molecular complexity index is 2520. The van der Waals surface area contributed by atoms with E-state index in [2.05, 4.69) is 9.97 Å². The third-order valence-electron chi connectivity index (χ3n) is 7.16. The molecule has 0 aliphatic heterocycles. The van der Waals surface area contributed by atoms with Gasteiger partial charge in [0.2, 0.25) is 11.1 Å². The van der Waals surface area contributed by atoms with Gasteiger partial charge < -0.3 is 8.83 Å². The molecule has 0 N–H and O–H groups in total. The highest BCUT2D eigenvalue weighted by Gasteiger charge is 2.21. The first-order valence-electron chi connectivity index (χ1n) is 12.7. The molecule has 0 radical (unpaired) electrons. The van der Waals surface area contributed by atoms with Crippen molar-refractivity contribution in [1.82, 2.24) is 9.97 Å². The summed E-state index contributed by atoms with van der Waals surface area (Å²) in [5, 5.41) is 41.2.